The Bertz CT molecular complexity index is 162. The Labute approximate surface area is 71.8 Å². The molecule has 0 N–H and O–H groups in total. The molecule has 0 aromatic carbocycles. The monoisotopic (exact) mass is 174 g/mol. The zero-order valence-electron chi connectivity index (χ0n) is 7.46. The van der Waals surface area contributed by atoms with Gasteiger partial charge in [0.05, 0.1) is 6.61 Å². The van der Waals surface area contributed by atoms with E-state index in [1.54, 1.807) is 0 Å². The lowest BCUT2D eigenvalue weighted by Crippen LogP contribution is -2.42. The standard InChI is InChI=1S/C8H14O4/c1-10-8(11-2)5-3-4-6-12-7(8)9/h3-6H2,1-2H3. The van der Waals surface area contributed by atoms with Gasteiger partial charge >= 0.3 is 5.97 Å². The van der Waals surface area contributed by atoms with Crippen LogP contribution >= 0.6 is 0 Å². The largest absolute Gasteiger partial charge is 0.462 e. The first-order valence-corrected chi connectivity index (χ1v) is 4.03. The topological polar surface area (TPSA) is 44.8 Å². The van der Waals surface area contributed by atoms with E-state index in [2.05, 4.69) is 0 Å². The number of rotatable bonds is 2. The van der Waals surface area contributed by atoms with Gasteiger partial charge in [0.2, 0.25) is 0 Å². The van der Waals surface area contributed by atoms with Crippen LogP contribution in [-0.4, -0.2) is 32.6 Å². The fourth-order valence-corrected chi connectivity index (χ4v) is 1.29. The summed E-state index contributed by atoms with van der Waals surface area (Å²) in [5, 5.41) is 0. The van der Waals surface area contributed by atoms with Crippen LogP contribution in [0.2, 0.25) is 0 Å². The van der Waals surface area contributed by atoms with Crippen molar-refractivity contribution >= 4 is 5.97 Å². The number of carbonyl (C=O) groups is 1. The summed E-state index contributed by atoms with van der Waals surface area (Å²) in [6.07, 6.45) is 2.33. The second kappa shape index (κ2) is 3.87. The van der Waals surface area contributed by atoms with Crippen LogP contribution in [0.25, 0.3) is 0 Å². The molecule has 0 bridgehead atoms. The van der Waals surface area contributed by atoms with Crippen LogP contribution in [0.5, 0.6) is 0 Å². The molecule has 1 aliphatic heterocycles. The van der Waals surface area contributed by atoms with Crippen molar-refractivity contribution in [2.75, 3.05) is 20.8 Å². The molecule has 1 rings (SSSR count). The van der Waals surface area contributed by atoms with Gasteiger partial charge in [-0.2, -0.15) is 0 Å². The molecule has 1 saturated heterocycles. The zero-order chi connectivity index (χ0) is 9.03. The fourth-order valence-electron chi connectivity index (χ4n) is 1.29. The molecule has 0 amide bonds. The van der Waals surface area contributed by atoms with Crippen molar-refractivity contribution in [3.05, 3.63) is 0 Å². The summed E-state index contributed by atoms with van der Waals surface area (Å²) in [6, 6.07) is 0. The molecular formula is C8H14O4. The molecule has 0 unspecified atom stereocenters. The third-order valence-corrected chi connectivity index (χ3v) is 2.10. The van der Waals surface area contributed by atoms with E-state index in [4.69, 9.17) is 14.2 Å². The van der Waals surface area contributed by atoms with E-state index in [9.17, 15) is 4.79 Å². The minimum atomic E-state index is -1.16. The molecule has 12 heavy (non-hydrogen) atoms. The van der Waals surface area contributed by atoms with Crippen LogP contribution in [0, 0.1) is 0 Å². The van der Waals surface area contributed by atoms with Crippen molar-refractivity contribution in [3.8, 4) is 0 Å². The highest BCUT2D eigenvalue weighted by Gasteiger charge is 2.41. The second-order valence-electron chi connectivity index (χ2n) is 2.75. The smallest absolute Gasteiger partial charge is 0.366 e. The van der Waals surface area contributed by atoms with E-state index < -0.39 is 11.8 Å². The minimum absolute atomic E-state index is 0.412. The fraction of sp³-hybridized carbons (Fsp3) is 0.875. The van der Waals surface area contributed by atoms with E-state index in [-0.39, 0.29) is 0 Å². The molecule has 0 aromatic heterocycles. The molecule has 70 valence electrons. The third-order valence-electron chi connectivity index (χ3n) is 2.10. The molecule has 4 heteroatoms. The number of cyclic esters (lactones) is 1. The summed E-state index contributed by atoms with van der Waals surface area (Å²) in [6.45, 7) is 0.466. The van der Waals surface area contributed by atoms with Gasteiger partial charge in [0, 0.05) is 20.6 Å². The van der Waals surface area contributed by atoms with Crippen molar-refractivity contribution in [3.63, 3.8) is 0 Å². The normalized spacial score (nSPS) is 23.0. The van der Waals surface area contributed by atoms with Crippen LogP contribution in [0.4, 0.5) is 0 Å². The van der Waals surface area contributed by atoms with E-state index in [1.165, 1.54) is 14.2 Å². The number of methoxy groups -OCH3 is 2. The maximum Gasteiger partial charge on any atom is 0.366 e. The summed E-state index contributed by atoms with van der Waals surface area (Å²) >= 11 is 0. The first-order chi connectivity index (χ1) is 5.75. The maximum absolute atomic E-state index is 11.3. The first kappa shape index (κ1) is 9.48. The lowest BCUT2D eigenvalue weighted by atomic mass is 10.1. The number of hydrogen-bond acceptors (Lipinski definition) is 4. The third kappa shape index (κ3) is 1.59. The SMILES string of the molecule is COC1(OC)CCCCOC1=O. The van der Waals surface area contributed by atoms with E-state index in [0.29, 0.717) is 13.0 Å². The molecule has 4 nitrogen and oxygen atoms in total. The van der Waals surface area contributed by atoms with E-state index in [1.807, 2.05) is 0 Å². The number of carbonyl (C=O) groups excluding carboxylic acids is 1. The highest BCUT2D eigenvalue weighted by molar-refractivity contribution is 5.78. The Morgan fingerprint density at radius 3 is 2.58 bits per heavy atom. The van der Waals surface area contributed by atoms with Gasteiger partial charge in [0.1, 0.15) is 0 Å². The zero-order valence-corrected chi connectivity index (χ0v) is 7.46. The minimum Gasteiger partial charge on any atom is -0.462 e. The van der Waals surface area contributed by atoms with Gasteiger partial charge in [-0.25, -0.2) is 4.79 Å². The van der Waals surface area contributed by atoms with Gasteiger partial charge in [-0.05, 0) is 12.8 Å². The maximum atomic E-state index is 11.3. The van der Waals surface area contributed by atoms with Crippen molar-refractivity contribution in [2.45, 2.75) is 25.0 Å². The van der Waals surface area contributed by atoms with Gasteiger partial charge in [-0.3, -0.25) is 0 Å². The average Bonchev–Trinajstić information content (AvgIpc) is 2.28. The van der Waals surface area contributed by atoms with Gasteiger partial charge < -0.3 is 14.2 Å². The van der Waals surface area contributed by atoms with Crippen molar-refractivity contribution in [2.24, 2.45) is 0 Å². The average molecular weight is 174 g/mol. The summed E-state index contributed by atoms with van der Waals surface area (Å²) in [4.78, 5) is 11.3. The van der Waals surface area contributed by atoms with Gasteiger partial charge in [0.15, 0.2) is 0 Å². The van der Waals surface area contributed by atoms with E-state index in [0.717, 1.165) is 12.8 Å². The van der Waals surface area contributed by atoms with Gasteiger partial charge in [0.25, 0.3) is 5.79 Å². The van der Waals surface area contributed by atoms with Crippen LogP contribution in [0.15, 0.2) is 0 Å². The summed E-state index contributed by atoms with van der Waals surface area (Å²) in [5.41, 5.74) is 0. The molecule has 1 aliphatic rings. The number of esters is 1. The van der Waals surface area contributed by atoms with Gasteiger partial charge in [-0.1, -0.05) is 0 Å². The Kier molecular flexibility index (Phi) is 3.05. The lowest BCUT2D eigenvalue weighted by molar-refractivity contribution is -0.228. The molecule has 0 aromatic rings. The summed E-state index contributed by atoms with van der Waals surface area (Å²) in [5.74, 6) is -1.57. The molecule has 0 spiro atoms. The predicted octanol–water partition coefficient (Wildman–Crippen LogP) is 0.703. The first-order valence-electron chi connectivity index (χ1n) is 4.03. The van der Waals surface area contributed by atoms with Crippen LogP contribution in [0.3, 0.4) is 0 Å². The van der Waals surface area contributed by atoms with Crippen LogP contribution in [0.1, 0.15) is 19.3 Å². The number of ether oxygens (including phenoxy) is 3. The van der Waals surface area contributed by atoms with Gasteiger partial charge in [-0.15, -0.1) is 0 Å². The highest BCUT2D eigenvalue weighted by Crippen LogP contribution is 2.24. The van der Waals surface area contributed by atoms with Crippen LogP contribution < -0.4 is 0 Å². The molecule has 0 saturated carbocycles. The Morgan fingerprint density at radius 2 is 2.00 bits per heavy atom. The quantitative estimate of drug-likeness (QED) is 0.456. The van der Waals surface area contributed by atoms with Crippen LogP contribution in [-0.2, 0) is 19.0 Å². The molecule has 1 heterocycles. The Balaban J connectivity index is 2.73. The summed E-state index contributed by atoms with van der Waals surface area (Å²) in [7, 11) is 2.91. The highest BCUT2D eigenvalue weighted by atomic mass is 16.7. The van der Waals surface area contributed by atoms with Crippen molar-refractivity contribution in [1.29, 1.82) is 0 Å². The van der Waals surface area contributed by atoms with Crippen molar-refractivity contribution in [1.82, 2.24) is 0 Å². The molecule has 0 atom stereocenters. The molecule has 0 aliphatic carbocycles. The molecular weight excluding hydrogens is 160 g/mol. The predicted molar refractivity (Wildman–Crippen MR) is 41.6 cm³/mol. The summed E-state index contributed by atoms with van der Waals surface area (Å²) < 4.78 is 15.0. The number of hydrogen-bond donors (Lipinski definition) is 0. The molecule has 1 fully saturated rings. The lowest BCUT2D eigenvalue weighted by Gasteiger charge is -2.25. The Morgan fingerprint density at radius 1 is 1.33 bits per heavy atom. The van der Waals surface area contributed by atoms with E-state index >= 15 is 0 Å². The Hall–Kier alpha value is -0.610. The molecule has 0 radical (unpaired) electrons. The second-order valence-corrected chi connectivity index (χ2v) is 2.75. The van der Waals surface area contributed by atoms with Crippen molar-refractivity contribution < 1.29 is 19.0 Å².